The first-order chi connectivity index (χ1) is 33.5. The van der Waals surface area contributed by atoms with Crippen LogP contribution in [0.1, 0.15) is 233 Å². The van der Waals surface area contributed by atoms with E-state index in [9.17, 15) is 14.4 Å². The van der Waals surface area contributed by atoms with Crippen LogP contribution in [-0.4, -0.2) is 37.2 Å². The molecule has 0 spiro atoms. The summed E-state index contributed by atoms with van der Waals surface area (Å²) in [6.45, 7) is 6.31. The molecule has 0 N–H and O–H groups in total. The number of hydrogen-bond acceptors (Lipinski definition) is 6. The molecule has 0 bridgehead atoms. The van der Waals surface area contributed by atoms with E-state index in [1.807, 2.05) is 24.3 Å². The number of carbonyl (C=O) groups excluding carboxylic acids is 3. The van der Waals surface area contributed by atoms with Crippen LogP contribution in [0.5, 0.6) is 0 Å². The molecule has 6 heteroatoms. The lowest BCUT2D eigenvalue weighted by molar-refractivity contribution is -0.167. The topological polar surface area (TPSA) is 78.9 Å². The highest BCUT2D eigenvalue weighted by atomic mass is 16.6. The maximum Gasteiger partial charge on any atom is 0.306 e. The summed E-state index contributed by atoms with van der Waals surface area (Å²) in [5, 5.41) is 0. The van der Waals surface area contributed by atoms with E-state index in [4.69, 9.17) is 14.2 Å². The molecule has 6 nitrogen and oxygen atoms in total. The molecule has 68 heavy (non-hydrogen) atoms. The molecule has 1 unspecified atom stereocenters. The molecule has 0 fully saturated rings. The van der Waals surface area contributed by atoms with E-state index in [1.54, 1.807) is 0 Å². The van der Waals surface area contributed by atoms with E-state index in [0.717, 1.165) is 116 Å². The van der Waals surface area contributed by atoms with Gasteiger partial charge in [-0.3, -0.25) is 14.4 Å². The maximum atomic E-state index is 12.8. The largest absolute Gasteiger partial charge is 0.462 e. The molecule has 0 aliphatic carbocycles. The predicted molar refractivity (Wildman–Crippen MR) is 293 cm³/mol. The van der Waals surface area contributed by atoms with Gasteiger partial charge in [0, 0.05) is 19.3 Å². The van der Waals surface area contributed by atoms with Crippen LogP contribution in [0, 0.1) is 0 Å². The number of ether oxygens (including phenoxy) is 3. The molecule has 0 heterocycles. The Morgan fingerprint density at radius 3 is 1.13 bits per heavy atom. The summed E-state index contributed by atoms with van der Waals surface area (Å²) in [4.78, 5) is 38.1. The monoisotopic (exact) mass is 941 g/mol. The van der Waals surface area contributed by atoms with Crippen LogP contribution >= 0.6 is 0 Å². The summed E-state index contributed by atoms with van der Waals surface area (Å²) < 4.78 is 16.8. The smallest absolute Gasteiger partial charge is 0.306 e. The van der Waals surface area contributed by atoms with Gasteiger partial charge in [-0.1, -0.05) is 232 Å². The zero-order chi connectivity index (χ0) is 49.3. The van der Waals surface area contributed by atoms with Gasteiger partial charge in [0.2, 0.25) is 0 Å². The van der Waals surface area contributed by atoms with E-state index in [-0.39, 0.29) is 37.5 Å². The normalized spacial score (nSPS) is 13.0. The van der Waals surface area contributed by atoms with Crippen molar-refractivity contribution in [1.82, 2.24) is 0 Å². The van der Waals surface area contributed by atoms with Crippen molar-refractivity contribution in [2.75, 3.05) is 13.2 Å². The van der Waals surface area contributed by atoms with Crippen LogP contribution < -0.4 is 0 Å². The van der Waals surface area contributed by atoms with Gasteiger partial charge in [-0.2, -0.15) is 0 Å². The summed E-state index contributed by atoms with van der Waals surface area (Å²) in [7, 11) is 0. The van der Waals surface area contributed by atoms with Crippen molar-refractivity contribution in [2.45, 2.75) is 239 Å². The lowest BCUT2D eigenvalue weighted by atomic mass is 10.1. The standard InChI is InChI=1S/C62H100O6/c1-4-7-10-13-16-19-22-25-28-30-32-34-37-40-43-46-49-52-55-61(64)67-58-59(57-66-60(63)54-51-48-45-42-39-36-33-27-24-21-18-15-12-9-6-3)68-62(65)56-53-50-47-44-41-38-35-31-29-26-23-20-17-14-11-8-5-2/h8-9,11-12,15,17-18,20-21,24,26-27,29,32-35,38,44,47,59H,4-7,10,13-14,16,19,22-23,25,28,30-31,36-37,39-43,45-46,48-58H2,1-3H3/b11-8-,12-9-,18-15-,20-17-,24-21-,29-26-,33-27-,34-32-,38-35-,47-44-. The molecular formula is C62H100O6. The van der Waals surface area contributed by atoms with Gasteiger partial charge in [0.1, 0.15) is 13.2 Å². The summed E-state index contributed by atoms with van der Waals surface area (Å²) in [5.41, 5.74) is 0. The molecule has 0 aromatic rings. The molecule has 0 aliphatic heterocycles. The van der Waals surface area contributed by atoms with E-state index >= 15 is 0 Å². The number of unbranched alkanes of at least 4 members (excludes halogenated alkanes) is 20. The number of esters is 3. The van der Waals surface area contributed by atoms with Crippen LogP contribution in [0.2, 0.25) is 0 Å². The fourth-order valence-electron chi connectivity index (χ4n) is 7.19. The van der Waals surface area contributed by atoms with E-state index in [1.165, 1.54) is 70.6 Å². The number of carbonyl (C=O) groups is 3. The van der Waals surface area contributed by atoms with Crippen molar-refractivity contribution >= 4 is 17.9 Å². The first-order valence-corrected chi connectivity index (χ1v) is 27.6. The Kier molecular flexibility index (Phi) is 52.0. The molecule has 384 valence electrons. The van der Waals surface area contributed by atoms with Gasteiger partial charge in [0.25, 0.3) is 0 Å². The van der Waals surface area contributed by atoms with Crippen molar-refractivity contribution in [3.05, 3.63) is 122 Å². The average Bonchev–Trinajstić information content (AvgIpc) is 3.34. The first-order valence-electron chi connectivity index (χ1n) is 27.6. The van der Waals surface area contributed by atoms with Crippen molar-refractivity contribution in [3.8, 4) is 0 Å². The summed E-state index contributed by atoms with van der Waals surface area (Å²) in [6, 6.07) is 0. The number of allylic oxidation sites excluding steroid dienone is 20. The fourth-order valence-corrected chi connectivity index (χ4v) is 7.19. The van der Waals surface area contributed by atoms with Crippen LogP contribution in [0.15, 0.2) is 122 Å². The van der Waals surface area contributed by atoms with Crippen molar-refractivity contribution in [3.63, 3.8) is 0 Å². The molecule has 0 aromatic heterocycles. The minimum absolute atomic E-state index is 0.116. The van der Waals surface area contributed by atoms with Crippen LogP contribution in [0.3, 0.4) is 0 Å². The van der Waals surface area contributed by atoms with E-state index in [2.05, 4.69) is 118 Å². The molecule has 0 amide bonds. The lowest BCUT2D eigenvalue weighted by Gasteiger charge is -2.18. The van der Waals surface area contributed by atoms with Crippen LogP contribution in [0.4, 0.5) is 0 Å². The summed E-state index contributed by atoms with van der Waals surface area (Å²) in [6.07, 6.45) is 76.2. The van der Waals surface area contributed by atoms with Gasteiger partial charge in [0.05, 0.1) is 0 Å². The van der Waals surface area contributed by atoms with Crippen molar-refractivity contribution in [1.29, 1.82) is 0 Å². The molecule has 0 saturated carbocycles. The van der Waals surface area contributed by atoms with E-state index in [0.29, 0.717) is 19.3 Å². The van der Waals surface area contributed by atoms with Crippen molar-refractivity contribution < 1.29 is 28.6 Å². The van der Waals surface area contributed by atoms with Gasteiger partial charge in [-0.05, 0) is 103 Å². The Morgan fingerprint density at radius 2 is 0.662 bits per heavy atom. The number of hydrogen-bond donors (Lipinski definition) is 0. The lowest BCUT2D eigenvalue weighted by Crippen LogP contribution is -2.30. The van der Waals surface area contributed by atoms with Crippen LogP contribution in [0.25, 0.3) is 0 Å². The van der Waals surface area contributed by atoms with Gasteiger partial charge < -0.3 is 14.2 Å². The molecule has 0 aromatic carbocycles. The fraction of sp³-hybridized carbons (Fsp3) is 0.629. The minimum Gasteiger partial charge on any atom is -0.462 e. The second kappa shape index (κ2) is 55.4. The Bertz CT molecular complexity index is 1450. The molecule has 0 saturated heterocycles. The highest BCUT2D eigenvalue weighted by Gasteiger charge is 2.19. The van der Waals surface area contributed by atoms with Gasteiger partial charge in [-0.25, -0.2) is 0 Å². The Hall–Kier alpha value is -4.19. The third-order valence-corrected chi connectivity index (χ3v) is 11.3. The Morgan fingerprint density at radius 1 is 0.324 bits per heavy atom. The quantitative estimate of drug-likeness (QED) is 0.0199. The highest BCUT2D eigenvalue weighted by molar-refractivity contribution is 5.71. The van der Waals surface area contributed by atoms with Crippen LogP contribution in [-0.2, 0) is 28.6 Å². The molecule has 1 atom stereocenters. The van der Waals surface area contributed by atoms with E-state index < -0.39 is 6.10 Å². The summed E-state index contributed by atoms with van der Waals surface area (Å²) in [5.74, 6) is -1.01. The predicted octanol–water partition coefficient (Wildman–Crippen LogP) is 18.5. The third-order valence-electron chi connectivity index (χ3n) is 11.3. The second-order valence-corrected chi connectivity index (χ2v) is 17.8. The Balaban J connectivity index is 4.53. The average molecular weight is 941 g/mol. The van der Waals surface area contributed by atoms with Crippen molar-refractivity contribution in [2.24, 2.45) is 0 Å². The molecule has 0 radical (unpaired) electrons. The third kappa shape index (κ3) is 52.8. The zero-order valence-corrected chi connectivity index (χ0v) is 43.8. The first kappa shape index (κ1) is 63.8. The molecule has 0 aliphatic rings. The summed E-state index contributed by atoms with van der Waals surface area (Å²) >= 11 is 0. The SMILES string of the molecule is CC\C=C/C=C\C=C/C=C\CCCCCCCC(=O)OCC(COC(=O)CCCCCCC/C=C\CCCCCCCCCCC)OC(=O)CCC/C=C\C/C=C\C/C=C\C/C=C\C/C=C\CC. The van der Waals surface area contributed by atoms with Gasteiger partial charge >= 0.3 is 17.9 Å². The Labute approximate surface area is 418 Å². The maximum absolute atomic E-state index is 12.8. The minimum atomic E-state index is -0.825. The van der Waals surface area contributed by atoms with Gasteiger partial charge in [-0.15, -0.1) is 0 Å². The van der Waals surface area contributed by atoms with Gasteiger partial charge in [0.15, 0.2) is 6.10 Å². The highest BCUT2D eigenvalue weighted by Crippen LogP contribution is 2.14. The zero-order valence-electron chi connectivity index (χ0n) is 43.8. The number of rotatable bonds is 48. The molecular weight excluding hydrogens is 841 g/mol. The molecule has 0 rings (SSSR count). The second-order valence-electron chi connectivity index (χ2n) is 17.8.